The number of hydrogen-bond acceptors (Lipinski definition) is 9. The Morgan fingerprint density at radius 1 is 1.31 bits per heavy atom. The Morgan fingerprint density at radius 3 is 2.44 bits per heavy atom. The molecule has 0 aromatic heterocycles. The molecule has 0 aliphatic carbocycles. The molecule has 12 heteroatoms. The highest BCUT2D eigenvalue weighted by Gasteiger charge is 2.75. The molecular weight excluding hydrogens is 228 g/mol. The number of Topliss-reactive ketones (excluding diaryl/α,β-unsaturated/α-hetero) is 1. The van der Waals surface area contributed by atoms with Crippen molar-refractivity contribution in [2.75, 3.05) is 6.54 Å². The van der Waals surface area contributed by atoms with Crippen molar-refractivity contribution in [2.45, 2.75) is 5.66 Å². The summed E-state index contributed by atoms with van der Waals surface area (Å²) < 4.78 is 0. The van der Waals surface area contributed by atoms with E-state index in [2.05, 4.69) is 5.43 Å². The highest BCUT2D eigenvalue weighted by atomic mass is 16.7. The SMILES string of the molecule is O=C1C(=O)C2([N+](=O)[O-])CNNN2N1[N+](=O)[O-]. The predicted octanol–water partition coefficient (Wildman–Crippen LogP) is -3.20. The second-order valence-electron chi connectivity index (χ2n) is 3.01. The van der Waals surface area contributed by atoms with Gasteiger partial charge in [-0.2, -0.15) is 5.53 Å². The molecule has 86 valence electrons. The monoisotopic (exact) mass is 232 g/mol. The molecule has 2 aliphatic rings. The number of carbonyl (C=O) groups is 2. The van der Waals surface area contributed by atoms with E-state index in [-0.39, 0.29) is 10.2 Å². The van der Waals surface area contributed by atoms with Crippen LogP contribution in [0.25, 0.3) is 0 Å². The maximum atomic E-state index is 11.4. The number of rotatable bonds is 2. The largest absolute Gasteiger partial charge is 0.393 e. The second kappa shape index (κ2) is 2.91. The normalized spacial score (nSPS) is 29.6. The van der Waals surface area contributed by atoms with Gasteiger partial charge in [-0.15, -0.1) is 0 Å². The summed E-state index contributed by atoms with van der Waals surface area (Å²) in [5.74, 6) is -3.03. The molecule has 2 fully saturated rings. The third-order valence-corrected chi connectivity index (χ3v) is 2.26. The number of ketones is 1. The van der Waals surface area contributed by atoms with Gasteiger partial charge in [0.25, 0.3) is 0 Å². The summed E-state index contributed by atoms with van der Waals surface area (Å²) in [5.41, 5.74) is 1.73. The summed E-state index contributed by atoms with van der Waals surface area (Å²) in [6.07, 6.45) is 0. The topological polar surface area (TPSA) is 151 Å². The average molecular weight is 232 g/mol. The highest BCUT2D eigenvalue weighted by Crippen LogP contribution is 2.28. The summed E-state index contributed by atoms with van der Waals surface area (Å²) in [7, 11) is 0. The van der Waals surface area contributed by atoms with Crippen LogP contribution in [0.3, 0.4) is 0 Å². The van der Waals surface area contributed by atoms with E-state index in [1.54, 1.807) is 0 Å². The quantitative estimate of drug-likeness (QED) is 0.285. The fourth-order valence-corrected chi connectivity index (χ4v) is 1.51. The van der Waals surface area contributed by atoms with Gasteiger partial charge in [0.15, 0.2) is 5.03 Å². The van der Waals surface area contributed by atoms with E-state index >= 15 is 0 Å². The van der Waals surface area contributed by atoms with E-state index in [1.165, 1.54) is 0 Å². The maximum Gasteiger partial charge on any atom is 0.393 e. The average Bonchev–Trinajstić information content (AvgIpc) is 2.68. The third-order valence-electron chi connectivity index (χ3n) is 2.26. The molecule has 0 spiro atoms. The molecule has 0 aromatic rings. The van der Waals surface area contributed by atoms with Gasteiger partial charge in [0.05, 0.1) is 4.92 Å². The van der Waals surface area contributed by atoms with Crippen molar-refractivity contribution in [1.29, 1.82) is 0 Å². The van der Waals surface area contributed by atoms with Crippen LogP contribution >= 0.6 is 0 Å². The van der Waals surface area contributed by atoms with Crippen LogP contribution in [0, 0.1) is 20.2 Å². The van der Waals surface area contributed by atoms with Gasteiger partial charge in [0.2, 0.25) is 0 Å². The second-order valence-corrected chi connectivity index (χ2v) is 3.01. The van der Waals surface area contributed by atoms with Gasteiger partial charge in [-0.05, 0) is 0 Å². The van der Waals surface area contributed by atoms with Crippen LogP contribution in [0.15, 0.2) is 0 Å². The van der Waals surface area contributed by atoms with Gasteiger partial charge in [-0.3, -0.25) is 19.7 Å². The Morgan fingerprint density at radius 2 is 1.94 bits per heavy atom. The summed E-state index contributed by atoms with van der Waals surface area (Å²) in [6.45, 7) is -0.547. The first-order valence-electron chi connectivity index (χ1n) is 3.89. The van der Waals surface area contributed by atoms with Gasteiger partial charge >= 0.3 is 17.4 Å². The molecule has 12 nitrogen and oxygen atoms in total. The number of hydrazine groups is 4. The minimum Gasteiger partial charge on any atom is -0.278 e. The first-order chi connectivity index (χ1) is 7.43. The summed E-state index contributed by atoms with van der Waals surface area (Å²) >= 11 is 0. The molecule has 2 heterocycles. The third kappa shape index (κ3) is 0.918. The molecule has 2 saturated heterocycles. The Balaban J connectivity index is 2.54. The van der Waals surface area contributed by atoms with Gasteiger partial charge in [-0.25, -0.2) is 15.5 Å². The standard InChI is InChI=1S/C4H4N6O6/c11-2-3(12)7(10(15)16)8-4(2,9(13)14)1-5-6-8/h5-6H,1H2. The van der Waals surface area contributed by atoms with Crippen LogP contribution in [0.1, 0.15) is 0 Å². The number of nitrogens with one attached hydrogen (secondary N) is 2. The van der Waals surface area contributed by atoms with Crippen molar-refractivity contribution in [2.24, 2.45) is 0 Å². The highest BCUT2D eigenvalue weighted by molar-refractivity contribution is 6.40. The van der Waals surface area contributed by atoms with Crippen molar-refractivity contribution in [1.82, 2.24) is 21.2 Å². The molecule has 0 bridgehead atoms. The lowest BCUT2D eigenvalue weighted by atomic mass is 10.1. The Bertz CT molecular complexity index is 421. The summed E-state index contributed by atoms with van der Waals surface area (Å²) in [5, 5.41) is 20.1. The summed E-state index contributed by atoms with van der Waals surface area (Å²) in [4.78, 5) is 42.8. The Kier molecular flexibility index (Phi) is 1.88. The van der Waals surface area contributed by atoms with Crippen molar-refractivity contribution in [3.05, 3.63) is 20.2 Å². The summed E-state index contributed by atoms with van der Waals surface area (Å²) in [6, 6.07) is 0. The minimum atomic E-state index is -2.48. The molecule has 0 radical (unpaired) electrons. The van der Waals surface area contributed by atoms with Crippen LogP contribution in [-0.4, -0.2) is 44.1 Å². The van der Waals surface area contributed by atoms with Crippen LogP contribution < -0.4 is 11.0 Å². The lowest BCUT2D eigenvalue weighted by Gasteiger charge is -2.17. The number of nitrogens with zero attached hydrogens (tertiary/aromatic N) is 4. The molecule has 1 amide bonds. The van der Waals surface area contributed by atoms with E-state index in [0.29, 0.717) is 0 Å². The number of amides is 1. The first kappa shape index (κ1) is 10.3. The molecule has 1 unspecified atom stereocenters. The predicted molar refractivity (Wildman–Crippen MR) is 41.6 cm³/mol. The van der Waals surface area contributed by atoms with Gasteiger partial charge < -0.3 is 0 Å². The zero-order valence-corrected chi connectivity index (χ0v) is 7.45. The lowest BCUT2D eigenvalue weighted by Crippen LogP contribution is -2.59. The molecular formula is C4H4N6O6. The molecule has 0 saturated carbocycles. The van der Waals surface area contributed by atoms with Crippen LogP contribution in [0.4, 0.5) is 0 Å². The number of fused-ring (bicyclic) bond motifs is 1. The zero-order chi connectivity index (χ0) is 12.1. The van der Waals surface area contributed by atoms with E-state index in [9.17, 15) is 29.8 Å². The molecule has 16 heavy (non-hydrogen) atoms. The molecule has 2 N–H and O–H groups in total. The Labute approximate surface area is 86.0 Å². The zero-order valence-electron chi connectivity index (χ0n) is 7.45. The van der Waals surface area contributed by atoms with Crippen molar-refractivity contribution >= 4 is 11.7 Å². The van der Waals surface area contributed by atoms with Crippen LogP contribution in [0.5, 0.6) is 0 Å². The van der Waals surface area contributed by atoms with E-state index in [4.69, 9.17) is 0 Å². The molecule has 2 aliphatic heterocycles. The number of hydrogen-bond donors (Lipinski definition) is 2. The fourth-order valence-electron chi connectivity index (χ4n) is 1.51. The maximum absolute atomic E-state index is 11.4. The van der Waals surface area contributed by atoms with Gasteiger partial charge in [0.1, 0.15) is 6.54 Å². The van der Waals surface area contributed by atoms with E-state index in [0.717, 1.165) is 0 Å². The lowest BCUT2D eigenvalue weighted by molar-refractivity contribution is -0.706. The van der Waals surface area contributed by atoms with Crippen LogP contribution in [-0.2, 0) is 9.59 Å². The van der Waals surface area contributed by atoms with Gasteiger partial charge in [-0.1, -0.05) is 0 Å². The molecule has 2 rings (SSSR count). The smallest absolute Gasteiger partial charge is 0.278 e. The van der Waals surface area contributed by atoms with Crippen molar-refractivity contribution < 1.29 is 19.5 Å². The van der Waals surface area contributed by atoms with Crippen molar-refractivity contribution in [3.8, 4) is 0 Å². The minimum absolute atomic E-state index is 0.231. The fraction of sp³-hybridized carbons (Fsp3) is 0.500. The molecule has 1 atom stereocenters. The van der Waals surface area contributed by atoms with Crippen LogP contribution in [0.2, 0.25) is 0 Å². The molecule has 0 aromatic carbocycles. The van der Waals surface area contributed by atoms with E-state index in [1.807, 2.05) is 5.53 Å². The van der Waals surface area contributed by atoms with Gasteiger partial charge in [0, 0.05) is 10.2 Å². The van der Waals surface area contributed by atoms with E-state index < -0.39 is 33.9 Å². The number of carbonyl (C=O) groups excluding carboxylic acids is 2. The first-order valence-corrected chi connectivity index (χ1v) is 3.89. The van der Waals surface area contributed by atoms with Crippen molar-refractivity contribution in [3.63, 3.8) is 0 Å². The Hall–Kier alpha value is -2.18. The number of nitro groups is 2.